The third-order valence-electron chi connectivity index (χ3n) is 4.34. The molecule has 4 nitrogen and oxygen atoms in total. The standard InChI is InChI=1S/C20H24N2O2S2/c1-13-8-9-26-17(13)14-6-5-7-15(10-14)21-18(23)16-11-25-12-22(16)19(24)20(2,3)4/h5-10,16H,11-12H2,1-4H3,(H,21,23). The van der Waals surface area contributed by atoms with E-state index in [-0.39, 0.29) is 11.8 Å². The van der Waals surface area contributed by atoms with Crippen LogP contribution in [0.15, 0.2) is 35.7 Å². The van der Waals surface area contributed by atoms with Crippen LogP contribution in [0, 0.1) is 12.3 Å². The Balaban J connectivity index is 1.76. The molecule has 1 aliphatic heterocycles. The van der Waals surface area contributed by atoms with Gasteiger partial charge in [0.15, 0.2) is 0 Å². The van der Waals surface area contributed by atoms with Gasteiger partial charge in [-0.1, -0.05) is 32.9 Å². The van der Waals surface area contributed by atoms with Gasteiger partial charge >= 0.3 is 0 Å². The number of carbonyl (C=O) groups excluding carboxylic acids is 2. The molecule has 0 saturated carbocycles. The number of thiophene rings is 1. The first-order chi connectivity index (χ1) is 12.3. The second kappa shape index (κ2) is 7.45. The maximum atomic E-state index is 12.8. The maximum absolute atomic E-state index is 12.8. The Kier molecular flexibility index (Phi) is 5.44. The van der Waals surface area contributed by atoms with Crippen molar-refractivity contribution in [2.24, 2.45) is 5.41 Å². The number of carbonyl (C=O) groups is 2. The lowest BCUT2D eigenvalue weighted by molar-refractivity contribution is -0.143. The minimum absolute atomic E-state index is 0.0191. The summed E-state index contributed by atoms with van der Waals surface area (Å²) in [5, 5.41) is 5.07. The Hall–Kier alpha value is -1.79. The number of benzene rings is 1. The van der Waals surface area contributed by atoms with Crippen LogP contribution < -0.4 is 5.32 Å². The van der Waals surface area contributed by atoms with Crippen molar-refractivity contribution >= 4 is 40.6 Å². The molecule has 26 heavy (non-hydrogen) atoms. The third kappa shape index (κ3) is 3.96. The van der Waals surface area contributed by atoms with Crippen molar-refractivity contribution in [2.45, 2.75) is 33.7 Å². The van der Waals surface area contributed by atoms with E-state index in [0.29, 0.717) is 11.6 Å². The van der Waals surface area contributed by atoms with Crippen LogP contribution in [0.4, 0.5) is 5.69 Å². The van der Waals surface area contributed by atoms with Crippen molar-refractivity contribution in [1.29, 1.82) is 0 Å². The number of anilines is 1. The van der Waals surface area contributed by atoms with Gasteiger partial charge in [0, 0.05) is 21.7 Å². The van der Waals surface area contributed by atoms with Crippen LogP contribution in [0.2, 0.25) is 0 Å². The number of amides is 2. The smallest absolute Gasteiger partial charge is 0.248 e. The van der Waals surface area contributed by atoms with E-state index < -0.39 is 11.5 Å². The number of hydrogen-bond donors (Lipinski definition) is 1. The van der Waals surface area contributed by atoms with Crippen molar-refractivity contribution in [3.8, 4) is 10.4 Å². The molecule has 1 atom stereocenters. The molecule has 1 N–H and O–H groups in total. The number of thioether (sulfide) groups is 1. The molecule has 2 heterocycles. The summed E-state index contributed by atoms with van der Waals surface area (Å²) in [5.41, 5.74) is 2.60. The molecule has 1 aliphatic rings. The highest BCUT2D eigenvalue weighted by Crippen LogP contribution is 2.31. The number of hydrogen-bond acceptors (Lipinski definition) is 4. The molecule has 2 aromatic rings. The zero-order valence-corrected chi connectivity index (χ0v) is 17.2. The zero-order valence-electron chi connectivity index (χ0n) is 15.5. The number of rotatable bonds is 3. The number of nitrogens with zero attached hydrogens (tertiary/aromatic N) is 1. The Labute approximate surface area is 163 Å². The molecule has 1 aromatic heterocycles. The van der Waals surface area contributed by atoms with Crippen LogP contribution in [0.5, 0.6) is 0 Å². The topological polar surface area (TPSA) is 49.4 Å². The number of nitrogens with one attached hydrogen (secondary N) is 1. The van der Waals surface area contributed by atoms with Crippen molar-refractivity contribution < 1.29 is 9.59 Å². The highest BCUT2D eigenvalue weighted by Gasteiger charge is 2.39. The monoisotopic (exact) mass is 388 g/mol. The fourth-order valence-electron chi connectivity index (χ4n) is 2.92. The normalized spacial score (nSPS) is 17.4. The molecule has 0 radical (unpaired) electrons. The molecule has 0 bridgehead atoms. The lowest BCUT2D eigenvalue weighted by Gasteiger charge is -2.29. The summed E-state index contributed by atoms with van der Waals surface area (Å²) in [6.45, 7) is 7.75. The first-order valence-corrected chi connectivity index (χ1v) is 10.6. The molecule has 0 aliphatic carbocycles. The lowest BCUT2D eigenvalue weighted by Crippen LogP contribution is -2.48. The van der Waals surface area contributed by atoms with Crippen molar-refractivity contribution in [3.05, 3.63) is 41.3 Å². The van der Waals surface area contributed by atoms with Gasteiger partial charge in [-0.2, -0.15) is 0 Å². The minimum Gasteiger partial charge on any atom is -0.324 e. The first-order valence-electron chi connectivity index (χ1n) is 8.61. The fraction of sp³-hybridized carbons (Fsp3) is 0.400. The van der Waals surface area contributed by atoms with Gasteiger partial charge in [-0.05, 0) is 41.6 Å². The summed E-state index contributed by atoms with van der Waals surface area (Å²) in [6.07, 6.45) is 0. The summed E-state index contributed by atoms with van der Waals surface area (Å²) >= 11 is 3.32. The SMILES string of the molecule is Cc1ccsc1-c1cccc(NC(=O)C2CSCN2C(=O)C(C)(C)C)c1. The van der Waals surface area contributed by atoms with E-state index >= 15 is 0 Å². The fourth-order valence-corrected chi connectivity index (χ4v) is 5.00. The predicted octanol–water partition coefficient (Wildman–Crippen LogP) is 4.61. The molecule has 6 heteroatoms. The highest BCUT2D eigenvalue weighted by molar-refractivity contribution is 7.99. The van der Waals surface area contributed by atoms with Crippen LogP contribution in [0.1, 0.15) is 26.3 Å². The Bertz CT molecular complexity index is 823. The van der Waals surface area contributed by atoms with Gasteiger partial charge in [-0.25, -0.2) is 0 Å². The van der Waals surface area contributed by atoms with Crippen LogP contribution in [-0.2, 0) is 9.59 Å². The second-order valence-corrected chi connectivity index (χ2v) is 9.46. The Morgan fingerprint density at radius 1 is 1.23 bits per heavy atom. The molecule has 1 aromatic carbocycles. The van der Waals surface area contributed by atoms with E-state index in [0.717, 1.165) is 11.3 Å². The summed E-state index contributed by atoms with van der Waals surface area (Å²) in [4.78, 5) is 28.3. The molecule has 1 fully saturated rings. The molecular weight excluding hydrogens is 364 g/mol. The van der Waals surface area contributed by atoms with Crippen molar-refractivity contribution in [1.82, 2.24) is 4.90 Å². The van der Waals surface area contributed by atoms with Gasteiger partial charge in [0.1, 0.15) is 6.04 Å². The molecule has 0 spiro atoms. The van der Waals surface area contributed by atoms with Crippen LogP contribution in [-0.4, -0.2) is 34.4 Å². The minimum atomic E-state index is -0.486. The number of aryl methyl sites for hydroxylation is 1. The van der Waals surface area contributed by atoms with Crippen molar-refractivity contribution in [3.63, 3.8) is 0 Å². The van der Waals surface area contributed by atoms with E-state index in [1.54, 1.807) is 28.0 Å². The Morgan fingerprint density at radius 3 is 2.65 bits per heavy atom. The predicted molar refractivity (Wildman–Crippen MR) is 111 cm³/mol. The summed E-state index contributed by atoms with van der Waals surface area (Å²) in [5.74, 6) is 1.11. The van der Waals surface area contributed by atoms with Gasteiger partial charge in [0.25, 0.3) is 0 Å². The van der Waals surface area contributed by atoms with E-state index in [2.05, 4.69) is 29.8 Å². The quantitative estimate of drug-likeness (QED) is 0.835. The van der Waals surface area contributed by atoms with Crippen molar-refractivity contribution in [2.75, 3.05) is 16.9 Å². The van der Waals surface area contributed by atoms with Crippen LogP contribution in [0.3, 0.4) is 0 Å². The van der Waals surface area contributed by atoms with E-state index in [4.69, 9.17) is 0 Å². The zero-order chi connectivity index (χ0) is 18.9. The maximum Gasteiger partial charge on any atom is 0.248 e. The summed E-state index contributed by atoms with van der Waals surface area (Å²) < 4.78 is 0. The van der Waals surface area contributed by atoms with Crippen LogP contribution in [0.25, 0.3) is 10.4 Å². The third-order valence-corrected chi connectivity index (χ3v) is 6.42. The molecule has 3 rings (SSSR count). The van der Waals surface area contributed by atoms with E-state index in [9.17, 15) is 9.59 Å². The molecule has 1 saturated heterocycles. The summed E-state index contributed by atoms with van der Waals surface area (Å²) in [7, 11) is 0. The highest BCUT2D eigenvalue weighted by atomic mass is 32.2. The summed E-state index contributed by atoms with van der Waals surface area (Å²) in [6, 6.07) is 9.56. The first kappa shape index (κ1) is 19.0. The second-order valence-electron chi connectivity index (χ2n) is 7.54. The van der Waals surface area contributed by atoms with Gasteiger partial charge in [0.2, 0.25) is 11.8 Å². The van der Waals surface area contributed by atoms with Gasteiger partial charge in [-0.15, -0.1) is 23.1 Å². The van der Waals surface area contributed by atoms with E-state index in [1.807, 2.05) is 39.0 Å². The Morgan fingerprint density at radius 2 is 2.00 bits per heavy atom. The van der Waals surface area contributed by atoms with Gasteiger partial charge < -0.3 is 10.2 Å². The molecule has 2 amide bonds. The van der Waals surface area contributed by atoms with Crippen LogP contribution >= 0.6 is 23.1 Å². The van der Waals surface area contributed by atoms with E-state index in [1.165, 1.54) is 10.4 Å². The average molecular weight is 389 g/mol. The largest absolute Gasteiger partial charge is 0.324 e. The van der Waals surface area contributed by atoms with Gasteiger partial charge in [0.05, 0.1) is 5.88 Å². The molecule has 138 valence electrons. The molecule has 1 unspecified atom stereocenters. The lowest BCUT2D eigenvalue weighted by atomic mass is 9.94. The average Bonchev–Trinajstić information content (AvgIpc) is 3.22. The van der Waals surface area contributed by atoms with Gasteiger partial charge in [-0.3, -0.25) is 9.59 Å². The molecular formula is C20H24N2O2S2.